The lowest BCUT2D eigenvalue weighted by Gasteiger charge is -2.25. The molecule has 1 rings (SSSR count). The molecular formula is C20H33N7O7S. The van der Waals surface area contributed by atoms with E-state index in [0.717, 1.165) is 0 Å². The summed E-state index contributed by atoms with van der Waals surface area (Å²) in [4.78, 5) is 67.5. The number of aliphatic carboxylic acids is 1. The number of carbonyl (C=O) groups excluding carboxylic acids is 4. The van der Waals surface area contributed by atoms with E-state index >= 15 is 0 Å². The summed E-state index contributed by atoms with van der Waals surface area (Å²) >= 11 is 1.41. The Morgan fingerprint density at radius 1 is 1.06 bits per heavy atom. The third-order valence-electron chi connectivity index (χ3n) is 4.97. The van der Waals surface area contributed by atoms with Crippen molar-refractivity contribution in [1.82, 2.24) is 25.9 Å². The molecule has 10 N–H and O–H groups in total. The topological polar surface area (TPSA) is 243 Å². The number of thioether (sulfide) groups is 1. The smallest absolute Gasteiger partial charge is 0.326 e. The van der Waals surface area contributed by atoms with Crippen LogP contribution in [0.15, 0.2) is 12.5 Å². The largest absolute Gasteiger partial charge is 0.480 e. The van der Waals surface area contributed by atoms with Gasteiger partial charge in [0.05, 0.1) is 12.4 Å². The molecule has 5 unspecified atom stereocenters. The monoisotopic (exact) mass is 515 g/mol. The van der Waals surface area contributed by atoms with Gasteiger partial charge in [-0.25, -0.2) is 9.78 Å². The first-order chi connectivity index (χ1) is 16.5. The van der Waals surface area contributed by atoms with E-state index in [2.05, 4.69) is 25.9 Å². The van der Waals surface area contributed by atoms with Crippen molar-refractivity contribution in [2.75, 3.05) is 12.0 Å². The molecule has 5 atom stereocenters. The Bertz CT molecular complexity index is 866. The first-order valence-corrected chi connectivity index (χ1v) is 12.2. The summed E-state index contributed by atoms with van der Waals surface area (Å²) in [6.45, 7) is 1.33. The molecule has 0 spiro atoms. The van der Waals surface area contributed by atoms with Crippen LogP contribution < -0.4 is 27.4 Å². The lowest BCUT2D eigenvalue weighted by Crippen LogP contribution is -2.58. The Morgan fingerprint density at radius 2 is 1.66 bits per heavy atom. The number of aromatic amines is 1. The molecule has 1 heterocycles. The number of carboxylic acid groups (broad SMARTS) is 1. The van der Waals surface area contributed by atoms with Gasteiger partial charge in [-0.15, -0.1) is 0 Å². The average Bonchev–Trinajstić information content (AvgIpc) is 3.30. The van der Waals surface area contributed by atoms with Crippen molar-refractivity contribution in [1.29, 1.82) is 0 Å². The summed E-state index contributed by atoms with van der Waals surface area (Å²) in [5.74, 6) is -3.88. The maximum absolute atomic E-state index is 13.1. The fraction of sp³-hybridized carbons (Fsp3) is 0.600. The number of carbonyl (C=O) groups is 5. The summed E-state index contributed by atoms with van der Waals surface area (Å²) < 4.78 is 0. The van der Waals surface area contributed by atoms with E-state index in [4.69, 9.17) is 11.5 Å². The fourth-order valence-electron chi connectivity index (χ4n) is 2.91. The average molecular weight is 516 g/mol. The Kier molecular flexibility index (Phi) is 12.8. The molecule has 0 aliphatic rings. The van der Waals surface area contributed by atoms with Crippen LogP contribution in [-0.2, 0) is 30.4 Å². The number of nitrogens with two attached hydrogens (primary N) is 2. The third-order valence-corrected chi connectivity index (χ3v) is 5.62. The van der Waals surface area contributed by atoms with Crippen LogP contribution in [0.25, 0.3) is 0 Å². The zero-order valence-electron chi connectivity index (χ0n) is 19.5. The van der Waals surface area contributed by atoms with Gasteiger partial charge in [-0.05, 0) is 31.8 Å². The Balaban J connectivity index is 3.02. The van der Waals surface area contributed by atoms with Crippen molar-refractivity contribution in [3.05, 3.63) is 18.2 Å². The van der Waals surface area contributed by atoms with Gasteiger partial charge in [0.15, 0.2) is 0 Å². The maximum atomic E-state index is 13.1. The number of H-pyrrole nitrogens is 1. The van der Waals surface area contributed by atoms with Gasteiger partial charge in [0.2, 0.25) is 23.6 Å². The second-order valence-corrected chi connectivity index (χ2v) is 8.84. The quantitative estimate of drug-likeness (QED) is 0.112. The lowest BCUT2D eigenvalue weighted by atomic mass is 10.1. The summed E-state index contributed by atoms with van der Waals surface area (Å²) in [6, 6.07) is -4.98. The number of carboxylic acids is 1. The molecule has 0 fully saturated rings. The number of aliphatic hydroxyl groups excluding tert-OH is 1. The molecule has 0 saturated carbocycles. The van der Waals surface area contributed by atoms with Gasteiger partial charge in [0.1, 0.15) is 24.2 Å². The molecule has 196 valence electrons. The molecular weight excluding hydrogens is 482 g/mol. The van der Waals surface area contributed by atoms with E-state index in [1.807, 2.05) is 0 Å². The number of imidazole rings is 1. The number of hydrogen-bond donors (Lipinski definition) is 8. The van der Waals surface area contributed by atoms with E-state index < -0.39 is 59.9 Å². The summed E-state index contributed by atoms with van der Waals surface area (Å²) in [5.41, 5.74) is 11.2. The van der Waals surface area contributed by atoms with E-state index in [9.17, 15) is 34.2 Å². The lowest BCUT2D eigenvalue weighted by molar-refractivity contribution is -0.142. The second kappa shape index (κ2) is 15.0. The Labute approximate surface area is 206 Å². The van der Waals surface area contributed by atoms with Gasteiger partial charge in [-0.2, -0.15) is 11.8 Å². The maximum Gasteiger partial charge on any atom is 0.326 e. The van der Waals surface area contributed by atoms with E-state index in [-0.39, 0.29) is 25.7 Å². The van der Waals surface area contributed by atoms with Crippen molar-refractivity contribution < 1.29 is 34.2 Å². The second-order valence-electron chi connectivity index (χ2n) is 7.86. The number of hydrogen-bond acceptors (Lipinski definition) is 9. The predicted octanol–water partition coefficient (Wildman–Crippen LogP) is -2.78. The Morgan fingerprint density at radius 3 is 2.17 bits per heavy atom. The normalized spacial score (nSPS) is 15.2. The third kappa shape index (κ3) is 10.7. The van der Waals surface area contributed by atoms with Crippen LogP contribution in [0, 0.1) is 0 Å². The molecule has 14 nitrogen and oxygen atoms in total. The van der Waals surface area contributed by atoms with Crippen molar-refractivity contribution in [3.63, 3.8) is 0 Å². The molecule has 0 aliphatic carbocycles. The number of aromatic nitrogens is 2. The highest BCUT2D eigenvalue weighted by atomic mass is 32.2. The van der Waals surface area contributed by atoms with Crippen LogP contribution in [0.2, 0.25) is 0 Å². The minimum absolute atomic E-state index is 0.0165. The highest BCUT2D eigenvalue weighted by Crippen LogP contribution is 2.06. The number of aliphatic hydroxyl groups is 1. The van der Waals surface area contributed by atoms with E-state index in [0.29, 0.717) is 11.4 Å². The Hall–Kier alpha value is -3.17. The minimum Gasteiger partial charge on any atom is -0.480 e. The molecule has 0 bridgehead atoms. The molecule has 0 aromatic carbocycles. The van der Waals surface area contributed by atoms with Gasteiger partial charge in [-0.3, -0.25) is 19.2 Å². The highest BCUT2D eigenvalue weighted by Gasteiger charge is 2.31. The van der Waals surface area contributed by atoms with Crippen molar-refractivity contribution >= 4 is 41.4 Å². The van der Waals surface area contributed by atoms with Gasteiger partial charge in [-0.1, -0.05) is 0 Å². The summed E-state index contributed by atoms with van der Waals surface area (Å²) in [6.07, 6.45) is 3.16. The van der Waals surface area contributed by atoms with Crippen LogP contribution in [0.1, 0.15) is 31.9 Å². The van der Waals surface area contributed by atoms with Gasteiger partial charge >= 0.3 is 5.97 Å². The molecule has 0 aliphatic heterocycles. The summed E-state index contributed by atoms with van der Waals surface area (Å²) in [5, 5.41) is 26.3. The number of nitrogens with one attached hydrogen (secondary N) is 4. The van der Waals surface area contributed by atoms with Crippen molar-refractivity contribution in [3.8, 4) is 0 Å². The predicted molar refractivity (Wildman–Crippen MR) is 127 cm³/mol. The molecule has 0 radical (unpaired) electrons. The summed E-state index contributed by atoms with van der Waals surface area (Å²) in [7, 11) is 0. The SMILES string of the molecule is CSCCC(NC(=O)C(Cc1cnc[nH]1)NC(=O)C(N)C(C)O)C(=O)NC(CCC(N)=O)C(=O)O. The molecule has 1 aromatic rings. The first kappa shape index (κ1) is 29.9. The molecule has 15 heteroatoms. The molecule has 4 amide bonds. The van der Waals surface area contributed by atoms with Crippen molar-refractivity contribution in [2.45, 2.75) is 62.9 Å². The fourth-order valence-corrected chi connectivity index (χ4v) is 3.38. The number of primary amides is 1. The van der Waals surface area contributed by atoms with Crippen molar-refractivity contribution in [2.24, 2.45) is 11.5 Å². The van der Waals surface area contributed by atoms with Gasteiger partial charge in [0, 0.05) is 24.7 Å². The molecule has 1 aromatic heterocycles. The van der Waals surface area contributed by atoms with Crippen LogP contribution in [0.5, 0.6) is 0 Å². The minimum atomic E-state index is -1.38. The first-order valence-electron chi connectivity index (χ1n) is 10.8. The van der Waals surface area contributed by atoms with Gasteiger partial charge < -0.3 is 42.6 Å². The van der Waals surface area contributed by atoms with Crippen LogP contribution in [-0.4, -0.2) is 92.1 Å². The zero-order chi connectivity index (χ0) is 26.5. The van der Waals surface area contributed by atoms with Crippen LogP contribution in [0.3, 0.4) is 0 Å². The van der Waals surface area contributed by atoms with E-state index in [1.165, 1.54) is 31.2 Å². The van der Waals surface area contributed by atoms with Crippen LogP contribution >= 0.6 is 11.8 Å². The standard InChI is InChI=1S/C20H33N7O7S/c1-10(28)16(22)19(32)27-14(7-11-8-23-9-24-11)18(31)25-12(5-6-35-2)17(30)26-13(20(33)34)3-4-15(21)29/h8-10,12-14,16,28H,3-7,22H2,1-2H3,(H2,21,29)(H,23,24)(H,25,31)(H,26,30)(H,27,32)(H,33,34). The van der Waals surface area contributed by atoms with Gasteiger partial charge in [0.25, 0.3) is 0 Å². The number of amides is 4. The molecule has 35 heavy (non-hydrogen) atoms. The zero-order valence-corrected chi connectivity index (χ0v) is 20.3. The number of nitrogens with zero attached hydrogens (tertiary/aromatic N) is 1. The van der Waals surface area contributed by atoms with E-state index in [1.54, 1.807) is 6.26 Å². The number of rotatable bonds is 16. The van der Waals surface area contributed by atoms with Crippen LogP contribution in [0.4, 0.5) is 0 Å². The highest BCUT2D eigenvalue weighted by molar-refractivity contribution is 7.98. The molecule has 0 saturated heterocycles.